The highest BCUT2D eigenvalue weighted by molar-refractivity contribution is 5.72. The van der Waals surface area contributed by atoms with Gasteiger partial charge in [0.2, 0.25) is 5.95 Å². The third-order valence-corrected chi connectivity index (χ3v) is 5.84. The number of hydrogen-bond acceptors (Lipinski definition) is 10. The number of anilines is 1. The van der Waals surface area contributed by atoms with Crippen LogP contribution in [-0.2, 0) is 25.5 Å². The van der Waals surface area contributed by atoms with Crippen molar-refractivity contribution in [1.82, 2.24) is 19.1 Å². The molecular weight excluding hydrogens is 462 g/mol. The number of nitrogens with one attached hydrogen (secondary N) is 1. The first-order valence-electron chi connectivity index (χ1n) is 10.8. The van der Waals surface area contributed by atoms with Crippen LogP contribution in [0.3, 0.4) is 0 Å². The smallest absolute Gasteiger partial charge is 0.333 e. The summed E-state index contributed by atoms with van der Waals surface area (Å²) < 4.78 is 25.5. The number of fused-ring (bicyclic) bond motifs is 2. The van der Waals surface area contributed by atoms with Gasteiger partial charge in [0.25, 0.3) is 5.56 Å². The number of nitrogens with zero attached hydrogens (tertiary/aromatic N) is 3. The van der Waals surface area contributed by atoms with Gasteiger partial charge in [0.1, 0.15) is 24.1 Å². The number of nitrogens with two attached hydrogens (primary N) is 1. The number of aliphatic hydroxyl groups is 1. The van der Waals surface area contributed by atoms with Gasteiger partial charge in [-0.3, -0.25) is 19.1 Å². The molecule has 0 bridgehead atoms. The molecule has 13 nitrogen and oxygen atoms in total. The van der Waals surface area contributed by atoms with E-state index in [1.807, 2.05) is 0 Å². The maximum atomic E-state index is 13.4. The van der Waals surface area contributed by atoms with Crippen molar-refractivity contribution in [2.45, 2.75) is 44.3 Å². The van der Waals surface area contributed by atoms with Crippen LogP contribution in [0.15, 0.2) is 46.5 Å². The molecule has 1 aromatic carbocycles. The van der Waals surface area contributed by atoms with Crippen molar-refractivity contribution >= 4 is 23.1 Å². The van der Waals surface area contributed by atoms with Gasteiger partial charge >= 0.3 is 11.7 Å². The van der Waals surface area contributed by atoms with Gasteiger partial charge in [0.05, 0.1) is 6.61 Å². The largest absolute Gasteiger partial charge is 0.427 e. The van der Waals surface area contributed by atoms with Crippen molar-refractivity contribution < 1.29 is 28.8 Å². The fraction of sp³-hybridized carbons (Fsp3) is 0.364. The quantitative estimate of drug-likeness (QED) is 0.244. The third-order valence-electron chi connectivity index (χ3n) is 5.84. The van der Waals surface area contributed by atoms with Gasteiger partial charge in [-0.2, -0.15) is 4.98 Å². The van der Waals surface area contributed by atoms with Gasteiger partial charge in [0, 0.05) is 19.0 Å². The molecule has 3 aromatic rings. The normalized spacial score (nSPS) is 25.6. The van der Waals surface area contributed by atoms with Crippen molar-refractivity contribution in [2.75, 3.05) is 12.3 Å². The average molecular weight is 485 g/mol. The van der Waals surface area contributed by atoms with Gasteiger partial charge in [-0.15, -0.1) is 6.58 Å². The zero-order chi connectivity index (χ0) is 24.9. The molecule has 5 rings (SSSR count). The zero-order valence-corrected chi connectivity index (χ0v) is 18.6. The molecule has 4 heterocycles. The zero-order valence-electron chi connectivity index (χ0n) is 18.6. The van der Waals surface area contributed by atoms with Crippen LogP contribution in [0.5, 0.6) is 5.75 Å². The molecule has 0 spiro atoms. The number of nitrogen functional groups attached to an aromatic ring is 1. The number of aliphatic hydroxyl groups excluding tert-OH is 1. The molecule has 2 aliphatic rings. The number of ether oxygens (including phenoxy) is 4. The van der Waals surface area contributed by atoms with Crippen molar-refractivity contribution in [3.05, 3.63) is 63.3 Å². The molecule has 184 valence electrons. The van der Waals surface area contributed by atoms with E-state index in [1.165, 1.54) is 22.1 Å². The highest BCUT2D eigenvalue weighted by atomic mass is 16.8. The lowest BCUT2D eigenvalue weighted by molar-refractivity contribution is -0.154. The summed E-state index contributed by atoms with van der Waals surface area (Å²) in [6.07, 6.45) is -2.76. The Morgan fingerprint density at radius 3 is 2.63 bits per heavy atom. The van der Waals surface area contributed by atoms with Crippen molar-refractivity contribution in [1.29, 1.82) is 0 Å². The van der Waals surface area contributed by atoms with E-state index in [9.17, 15) is 19.5 Å². The molecule has 0 saturated carbocycles. The molecule has 1 unspecified atom stereocenters. The first-order valence-corrected chi connectivity index (χ1v) is 10.8. The Balaban J connectivity index is 1.53. The monoisotopic (exact) mass is 485 g/mol. The van der Waals surface area contributed by atoms with Crippen LogP contribution in [0.2, 0.25) is 0 Å². The molecule has 4 N–H and O–H groups in total. The molecule has 2 saturated heterocycles. The van der Waals surface area contributed by atoms with Gasteiger partial charge < -0.3 is 29.8 Å². The second-order valence-electron chi connectivity index (χ2n) is 8.12. The molecule has 2 aromatic heterocycles. The molecule has 5 atom stereocenters. The highest BCUT2D eigenvalue weighted by Crippen LogP contribution is 2.44. The first kappa shape index (κ1) is 23.0. The lowest BCUT2D eigenvalue weighted by Crippen LogP contribution is -2.34. The van der Waals surface area contributed by atoms with Crippen LogP contribution >= 0.6 is 0 Å². The molecule has 2 fully saturated rings. The standard InChI is InChI=1S/C22H23N5O8/c1-3-8-26-14-17(24-21(23)25-18(14)30)27(22(26)31)19-16-15(13(9-28)33-19)34-20(35-16)11-4-6-12(7-5-11)32-10(2)29/h3-7,13,15-16,19-20,28H,1,8-9H2,2H3,(H3,23,24,25,30)/t13-,15-,16-,19-,20?/m1/s1. The molecule has 13 heteroatoms. The number of benzene rings is 1. The Kier molecular flexibility index (Phi) is 5.76. The summed E-state index contributed by atoms with van der Waals surface area (Å²) in [5.41, 5.74) is 5.23. The van der Waals surface area contributed by atoms with Crippen LogP contribution in [-0.4, -0.2) is 55.1 Å². The van der Waals surface area contributed by atoms with Crippen molar-refractivity contribution in [2.24, 2.45) is 0 Å². The maximum Gasteiger partial charge on any atom is 0.333 e. The molecular formula is C22H23N5O8. The summed E-state index contributed by atoms with van der Waals surface area (Å²) in [7, 11) is 0. The summed E-state index contributed by atoms with van der Waals surface area (Å²) >= 11 is 0. The van der Waals surface area contributed by atoms with Crippen molar-refractivity contribution in [3.8, 4) is 5.75 Å². The second kappa shape index (κ2) is 8.78. The SMILES string of the molecule is C=CCn1c(=O)n([C@@H]2O[C@H](CO)[C@H]3OC(c4ccc(OC(C)=O)cc4)O[C@H]32)c2nc(N)[nH]c(=O)c21. The van der Waals surface area contributed by atoms with Crippen molar-refractivity contribution in [3.63, 3.8) is 0 Å². The van der Waals surface area contributed by atoms with Crippen LogP contribution in [0.25, 0.3) is 11.2 Å². The van der Waals surface area contributed by atoms with Gasteiger partial charge in [-0.25, -0.2) is 9.36 Å². The fourth-order valence-electron chi connectivity index (χ4n) is 4.43. The minimum Gasteiger partial charge on any atom is -0.427 e. The minimum absolute atomic E-state index is 0.00761. The van der Waals surface area contributed by atoms with Crippen LogP contribution in [0.1, 0.15) is 25.0 Å². The number of esters is 1. The van der Waals surface area contributed by atoms with Gasteiger partial charge in [0.15, 0.2) is 23.7 Å². The summed E-state index contributed by atoms with van der Waals surface area (Å²) in [5.74, 6) is -0.250. The van der Waals surface area contributed by atoms with E-state index in [1.54, 1.807) is 24.3 Å². The predicted molar refractivity (Wildman–Crippen MR) is 120 cm³/mol. The number of H-pyrrole nitrogens is 1. The average Bonchev–Trinajstić information content (AvgIpc) is 3.45. The van der Waals surface area contributed by atoms with E-state index < -0.39 is 54.7 Å². The summed E-state index contributed by atoms with van der Waals surface area (Å²) in [6, 6.07) is 6.55. The minimum atomic E-state index is -1.06. The Hall–Kier alpha value is -3.78. The Morgan fingerprint density at radius 2 is 1.97 bits per heavy atom. The number of aromatic amines is 1. The van der Waals surface area contributed by atoms with Gasteiger partial charge in [-0.1, -0.05) is 18.2 Å². The Morgan fingerprint density at radius 1 is 1.26 bits per heavy atom. The second-order valence-corrected chi connectivity index (χ2v) is 8.12. The molecule has 2 aliphatic heterocycles. The topological polar surface area (TPSA) is 173 Å². The predicted octanol–water partition coefficient (Wildman–Crippen LogP) is -0.0477. The molecule has 0 amide bonds. The van der Waals surface area contributed by atoms with Crippen LogP contribution in [0.4, 0.5) is 5.95 Å². The van der Waals surface area contributed by atoms with E-state index in [2.05, 4.69) is 16.5 Å². The van der Waals surface area contributed by atoms with E-state index >= 15 is 0 Å². The number of aromatic nitrogens is 4. The Labute approximate surface area is 197 Å². The van der Waals surface area contributed by atoms with Gasteiger partial charge in [-0.05, 0) is 12.1 Å². The molecule has 0 radical (unpaired) electrons. The third kappa shape index (κ3) is 3.83. The van der Waals surface area contributed by atoms with Crippen LogP contribution in [0, 0.1) is 0 Å². The summed E-state index contributed by atoms with van der Waals surface area (Å²) in [5, 5.41) is 9.91. The Bertz CT molecular complexity index is 1410. The number of carbonyl (C=O) groups is 1. The first-order chi connectivity index (χ1) is 16.8. The van der Waals surface area contributed by atoms with E-state index in [0.717, 1.165) is 0 Å². The number of hydrogen-bond donors (Lipinski definition) is 3. The maximum absolute atomic E-state index is 13.4. The lowest BCUT2D eigenvalue weighted by Gasteiger charge is -2.20. The summed E-state index contributed by atoms with van der Waals surface area (Å²) in [6.45, 7) is 4.60. The van der Waals surface area contributed by atoms with E-state index in [0.29, 0.717) is 11.3 Å². The van der Waals surface area contributed by atoms with E-state index in [-0.39, 0.29) is 23.7 Å². The molecule has 35 heavy (non-hydrogen) atoms. The van der Waals surface area contributed by atoms with Crippen LogP contribution < -0.4 is 21.7 Å². The number of carbonyl (C=O) groups excluding carboxylic acids is 1. The number of imidazole rings is 1. The number of rotatable bonds is 6. The van der Waals surface area contributed by atoms with E-state index in [4.69, 9.17) is 24.7 Å². The molecule has 0 aliphatic carbocycles. The fourth-order valence-corrected chi connectivity index (χ4v) is 4.43. The lowest BCUT2D eigenvalue weighted by atomic mass is 10.1. The number of allylic oxidation sites excluding steroid dienone is 1. The summed E-state index contributed by atoms with van der Waals surface area (Å²) in [4.78, 5) is 43.7. The highest BCUT2D eigenvalue weighted by Gasteiger charge is 2.54.